The molecule has 0 fully saturated rings. The van der Waals surface area contributed by atoms with E-state index >= 15 is 0 Å². The van der Waals surface area contributed by atoms with Gasteiger partial charge in [-0.1, -0.05) is 59.8 Å². The van der Waals surface area contributed by atoms with Crippen molar-refractivity contribution in [1.29, 1.82) is 0 Å². The van der Waals surface area contributed by atoms with E-state index in [0.29, 0.717) is 11.6 Å². The summed E-state index contributed by atoms with van der Waals surface area (Å²) in [5.41, 5.74) is 1.81. The highest BCUT2D eigenvalue weighted by Gasteiger charge is 1.92. The summed E-state index contributed by atoms with van der Waals surface area (Å²) in [6, 6.07) is 16.9. The van der Waals surface area contributed by atoms with Crippen LogP contribution in [0.15, 0.2) is 60.7 Å². The van der Waals surface area contributed by atoms with E-state index in [-0.39, 0.29) is 5.91 Å². The van der Waals surface area contributed by atoms with Crippen LogP contribution in [0.1, 0.15) is 11.1 Å². The lowest BCUT2D eigenvalue weighted by atomic mass is 10.2. The van der Waals surface area contributed by atoms with Crippen LogP contribution in [0.5, 0.6) is 0 Å². The zero-order valence-corrected chi connectivity index (χ0v) is 12.1. The number of rotatable bonds is 3. The highest BCUT2D eigenvalue weighted by Crippen LogP contribution is 2.09. The molecular formula is C18H14ClNO. The lowest BCUT2D eigenvalue weighted by Gasteiger charge is -1.95. The van der Waals surface area contributed by atoms with Gasteiger partial charge in [0.05, 0.1) is 6.54 Å². The van der Waals surface area contributed by atoms with E-state index in [9.17, 15) is 4.79 Å². The normalized spacial score (nSPS) is 9.95. The average Bonchev–Trinajstić information content (AvgIpc) is 2.51. The molecule has 2 aromatic rings. The molecule has 0 unspecified atom stereocenters. The molecule has 2 rings (SSSR count). The Hall–Kier alpha value is -2.50. The van der Waals surface area contributed by atoms with E-state index in [1.165, 1.54) is 6.08 Å². The summed E-state index contributed by atoms with van der Waals surface area (Å²) < 4.78 is 0. The first kappa shape index (κ1) is 14.9. The SMILES string of the molecule is O=C(/C=C/c1ccccc1)NCC#Cc1cccc(Cl)c1. The van der Waals surface area contributed by atoms with E-state index < -0.39 is 0 Å². The van der Waals surface area contributed by atoms with E-state index in [2.05, 4.69) is 17.2 Å². The summed E-state index contributed by atoms with van der Waals surface area (Å²) >= 11 is 5.86. The summed E-state index contributed by atoms with van der Waals surface area (Å²) in [6.45, 7) is 0.296. The third-order valence-electron chi connectivity index (χ3n) is 2.64. The number of benzene rings is 2. The first-order valence-corrected chi connectivity index (χ1v) is 6.87. The van der Waals surface area contributed by atoms with E-state index in [1.54, 1.807) is 18.2 Å². The van der Waals surface area contributed by atoms with Crippen molar-refractivity contribution in [3.63, 3.8) is 0 Å². The van der Waals surface area contributed by atoms with Gasteiger partial charge in [-0.05, 0) is 29.8 Å². The first-order chi connectivity index (χ1) is 10.2. The number of hydrogen-bond acceptors (Lipinski definition) is 1. The van der Waals surface area contributed by atoms with Crippen LogP contribution in [0, 0.1) is 11.8 Å². The van der Waals surface area contributed by atoms with Crippen LogP contribution in [-0.2, 0) is 4.79 Å². The molecule has 0 aliphatic carbocycles. The second-order valence-electron chi connectivity index (χ2n) is 4.27. The molecule has 0 saturated carbocycles. The van der Waals surface area contributed by atoms with E-state index in [0.717, 1.165) is 11.1 Å². The predicted molar refractivity (Wildman–Crippen MR) is 86.8 cm³/mol. The Labute approximate surface area is 129 Å². The standard InChI is InChI=1S/C18H14ClNO/c19-17-10-4-8-16(14-17)9-5-13-20-18(21)12-11-15-6-2-1-3-7-15/h1-4,6-8,10-12,14H,13H2,(H,20,21)/b12-11+. The number of halogens is 1. The third-order valence-corrected chi connectivity index (χ3v) is 2.87. The van der Waals surface area contributed by atoms with Crippen molar-refractivity contribution in [2.75, 3.05) is 6.54 Å². The van der Waals surface area contributed by atoms with E-state index in [4.69, 9.17) is 11.6 Å². The van der Waals surface area contributed by atoms with Gasteiger partial charge in [0.25, 0.3) is 0 Å². The van der Waals surface area contributed by atoms with Gasteiger partial charge in [0, 0.05) is 16.7 Å². The second kappa shape index (κ2) is 7.94. The quantitative estimate of drug-likeness (QED) is 0.681. The number of carbonyl (C=O) groups excluding carboxylic acids is 1. The maximum absolute atomic E-state index is 11.6. The fraction of sp³-hybridized carbons (Fsp3) is 0.0556. The van der Waals surface area contributed by atoms with Crippen LogP contribution >= 0.6 is 11.6 Å². The lowest BCUT2D eigenvalue weighted by Crippen LogP contribution is -2.20. The van der Waals surface area contributed by atoms with Crippen molar-refractivity contribution >= 4 is 23.6 Å². The first-order valence-electron chi connectivity index (χ1n) is 6.49. The molecular weight excluding hydrogens is 282 g/mol. The zero-order valence-electron chi connectivity index (χ0n) is 11.3. The van der Waals surface area contributed by atoms with Gasteiger partial charge < -0.3 is 5.32 Å². The van der Waals surface area contributed by atoms with E-state index in [1.807, 2.05) is 42.5 Å². The van der Waals surface area contributed by atoms with Gasteiger partial charge in [-0.3, -0.25) is 4.79 Å². The van der Waals surface area contributed by atoms with Crippen LogP contribution in [0.2, 0.25) is 5.02 Å². The van der Waals surface area contributed by atoms with Crippen molar-refractivity contribution in [3.8, 4) is 11.8 Å². The lowest BCUT2D eigenvalue weighted by molar-refractivity contribution is -0.116. The van der Waals surface area contributed by atoms with Gasteiger partial charge in [-0.2, -0.15) is 0 Å². The number of amides is 1. The molecule has 3 heteroatoms. The summed E-state index contributed by atoms with van der Waals surface area (Å²) in [7, 11) is 0. The number of carbonyl (C=O) groups is 1. The Morgan fingerprint density at radius 2 is 1.95 bits per heavy atom. The molecule has 1 N–H and O–H groups in total. The molecule has 2 nitrogen and oxygen atoms in total. The Kier molecular flexibility index (Phi) is 5.63. The topological polar surface area (TPSA) is 29.1 Å². The van der Waals surface area contributed by atoms with Crippen molar-refractivity contribution < 1.29 is 4.79 Å². The molecule has 0 aliphatic rings. The minimum absolute atomic E-state index is 0.167. The molecule has 0 bridgehead atoms. The van der Waals surface area contributed by atoms with Crippen molar-refractivity contribution in [2.24, 2.45) is 0 Å². The summed E-state index contributed by atoms with van der Waals surface area (Å²) in [5, 5.41) is 3.36. The average molecular weight is 296 g/mol. The summed E-state index contributed by atoms with van der Waals surface area (Å²) in [4.78, 5) is 11.6. The van der Waals surface area contributed by atoms with Crippen LogP contribution < -0.4 is 5.32 Å². The van der Waals surface area contributed by atoms with Crippen molar-refractivity contribution in [1.82, 2.24) is 5.32 Å². The van der Waals surface area contributed by atoms with Crippen LogP contribution in [-0.4, -0.2) is 12.5 Å². The molecule has 0 spiro atoms. The maximum Gasteiger partial charge on any atom is 0.244 e. The van der Waals surface area contributed by atoms with Crippen LogP contribution in [0.4, 0.5) is 0 Å². The number of hydrogen-bond donors (Lipinski definition) is 1. The Bertz CT molecular complexity index is 696. The number of nitrogens with one attached hydrogen (secondary N) is 1. The van der Waals surface area contributed by atoms with Gasteiger partial charge in [0.1, 0.15) is 0 Å². The molecule has 0 aromatic heterocycles. The molecule has 1 amide bonds. The predicted octanol–water partition coefficient (Wildman–Crippen LogP) is 3.52. The smallest absolute Gasteiger partial charge is 0.244 e. The van der Waals surface area contributed by atoms with Gasteiger partial charge in [0.2, 0.25) is 5.91 Å². The molecule has 0 atom stereocenters. The maximum atomic E-state index is 11.6. The minimum atomic E-state index is -0.167. The zero-order chi connectivity index (χ0) is 14.9. The molecule has 0 radical (unpaired) electrons. The second-order valence-corrected chi connectivity index (χ2v) is 4.71. The monoisotopic (exact) mass is 295 g/mol. The largest absolute Gasteiger partial charge is 0.342 e. The molecule has 21 heavy (non-hydrogen) atoms. The van der Waals surface area contributed by atoms with Gasteiger partial charge >= 0.3 is 0 Å². The Balaban J connectivity index is 1.81. The van der Waals surface area contributed by atoms with Gasteiger partial charge in [-0.25, -0.2) is 0 Å². The summed E-state index contributed by atoms with van der Waals surface area (Å²) in [6.07, 6.45) is 3.26. The Morgan fingerprint density at radius 1 is 1.14 bits per heavy atom. The highest BCUT2D eigenvalue weighted by molar-refractivity contribution is 6.30. The van der Waals surface area contributed by atoms with Crippen LogP contribution in [0.25, 0.3) is 6.08 Å². The molecule has 104 valence electrons. The van der Waals surface area contributed by atoms with Gasteiger partial charge in [0.15, 0.2) is 0 Å². The minimum Gasteiger partial charge on any atom is -0.342 e. The highest BCUT2D eigenvalue weighted by atomic mass is 35.5. The van der Waals surface area contributed by atoms with Gasteiger partial charge in [-0.15, -0.1) is 0 Å². The third kappa shape index (κ3) is 5.56. The molecule has 0 saturated heterocycles. The molecule has 2 aromatic carbocycles. The summed E-state index contributed by atoms with van der Waals surface area (Å²) in [5.74, 6) is 5.66. The molecule has 0 heterocycles. The fourth-order valence-electron chi connectivity index (χ4n) is 1.64. The Morgan fingerprint density at radius 3 is 2.71 bits per heavy atom. The molecule has 0 aliphatic heterocycles. The van der Waals surface area contributed by atoms with Crippen molar-refractivity contribution in [3.05, 3.63) is 76.8 Å². The van der Waals surface area contributed by atoms with Crippen molar-refractivity contribution in [2.45, 2.75) is 0 Å². The fourth-order valence-corrected chi connectivity index (χ4v) is 1.83. The van der Waals surface area contributed by atoms with Crippen LogP contribution in [0.3, 0.4) is 0 Å².